The second kappa shape index (κ2) is 6.19. The highest BCUT2D eigenvalue weighted by Crippen LogP contribution is 2.26. The summed E-state index contributed by atoms with van der Waals surface area (Å²) >= 11 is 0. The molecule has 0 bridgehead atoms. The Morgan fingerprint density at radius 3 is 2.53 bits per heavy atom. The van der Waals surface area contributed by atoms with Crippen LogP contribution in [0.1, 0.15) is 19.3 Å². The molecule has 0 spiro atoms. The minimum atomic E-state index is -0.899. The van der Waals surface area contributed by atoms with Gasteiger partial charge in [0.25, 0.3) is 0 Å². The van der Waals surface area contributed by atoms with Crippen LogP contribution >= 0.6 is 0 Å². The van der Waals surface area contributed by atoms with E-state index in [-0.39, 0.29) is 19.0 Å². The first-order valence-corrected chi connectivity index (χ1v) is 5.36. The molecule has 0 aromatic heterocycles. The van der Waals surface area contributed by atoms with Crippen LogP contribution in [0, 0.1) is 0 Å². The Morgan fingerprint density at radius 2 is 2.06 bits per heavy atom. The zero-order valence-corrected chi connectivity index (χ0v) is 9.64. The number of hydrogen-bond acceptors (Lipinski definition) is 5. The summed E-state index contributed by atoms with van der Waals surface area (Å²) in [6.07, 6.45) is 1.11. The molecule has 96 valence electrons. The van der Waals surface area contributed by atoms with E-state index in [1.165, 1.54) is 7.11 Å². The van der Waals surface area contributed by atoms with Crippen molar-refractivity contribution in [2.75, 3.05) is 20.2 Å². The molecule has 0 aromatic rings. The molecule has 7 heteroatoms. The van der Waals surface area contributed by atoms with E-state index in [0.717, 1.165) is 12.8 Å². The third-order valence-electron chi connectivity index (χ3n) is 2.45. The van der Waals surface area contributed by atoms with Gasteiger partial charge in [0.15, 0.2) is 0 Å². The van der Waals surface area contributed by atoms with Crippen molar-refractivity contribution in [3.05, 3.63) is 0 Å². The van der Waals surface area contributed by atoms with Crippen molar-refractivity contribution in [1.29, 1.82) is 0 Å². The summed E-state index contributed by atoms with van der Waals surface area (Å²) in [5, 5.41) is 10.6. The molecule has 0 radical (unpaired) electrons. The standard InChI is InChI=1S/C10H16N2O5/c1-17-10(16)11-8(13)6-12(7-2-3-7)5-4-9(14)15/h7H,2-6H2,1H3,(H,14,15)(H,11,13,16). The molecule has 1 fully saturated rings. The second-order valence-corrected chi connectivity index (χ2v) is 3.89. The molecule has 0 atom stereocenters. The number of carboxylic acid groups (broad SMARTS) is 1. The molecule has 0 heterocycles. The average Bonchev–Trinajstić information content (AvgIpc) is 3.07. The Hall–Kier alpha value is -1.63. The lowest BCUT2D eigenvalue weighted by atomic mass is 10.3. The van der Waals surface area contributed by atoms with Crippen LogP contribution in [0.3, 0.4) is 0 Å². The van der Waals surface area contributed by atoms with Crippen molar-refractivity contribution >= 4 is 18.0 Å². The maximum atomic E-state index is 11.4. The molecule has 0 unspecified atom stereocenters. The number of carbonyl (C=O) groups is 3. The summed E-state index contributed by atoms with van der Waals surface area (Å²) in [6.45, 7) is 0.335. The van der Waals surface area contributed by atoms with Gasteiger partial charge in [-0.2, -0.15) is 0 Å². The number of amides is 2. The highest BCUT2D eigenvalue weighted by atomic mass is 16.5. The van der Waals surface area contributed by atoms with Gasteiger partial charge in [-0.05, 0) is 12.8 Å². The first-order chi connectivity index (χ1) is 8.02. The van der Waals surface area contributed by atoms with E-state index in [4.69, 9.17) is 5.11 Å². The van der Waals surface area contributed by atoms with E-state index in [0.29, 0.717) is 6.54 Å². The molecule has 1 saturated carbocycles. The second-order valence-electron chi connectivity index (χ2n) is 3.89. The fourth-order valence-corrected chi connectivity index (χ4v) is 1.46. The van der Waals surface area contributed by atoms with Gasteiger partial charge in [-0.3, -0.25) is 19.8 Å². The van der Waals surface area contributed by atoms with Crippen LogP contribution in [0.5, 0.6) is 0 Å². The molecule has 0 aromatic carbocycles. The summed E-state index contributed by atoms with van der Waals surface area (Å²) in [7, 11) is 1.17. The Labute approximate surface area is 98.7 Å². The zero-order valence-electron chi connectivity index (χ0n) is 9.64. The van der Waals surface area contributed by atoms with Crippen LogP contribution in [0.15, 0.2) is 0 Å². The largest absolute Gasteiger partial charge is 0.481 e. The smallest absolute Gasteiger partial charge is 0.413 e. The molecule has 2 amide bonds. The number of methoxy groups -OCH3 is 1. The van der Waals surface area contributed by atoms with E-state index in [9.17, 15) is 14.4 Å². The van der Waals surface area contributed by atoms with Crippen molar-refractivity contribution in [3.8, 4) is 0 Å². The Kier molecular flexibility index (Phi) is 4.89. The molecule has 7 nitrogen and oxygen atoms in total. The fourth-order valence-electron chi connectivity index (χ4n) is 1.46. The first-order valence-electron chi connectivity index (χ1n) is 5.36. The predicted octanol–water partition coefficient (Wildman–Crippen LogP) is -0.192. The Bertz CT molecular complexity index is 314. The molecule has 1 rings (SSSR count). The number of ether oxygens (including phenoxy) is 1. The number of hydrogen-bond donors (Lipinski definition) is 2. The van der Waals surface area contributed by atoms with Gasteiger partial charge in [-0.15, -0.1) is 0 Å². The average molecular weight is 244 g/mol. The highest BCUT2D eigenvalue weighted by molar-refractivity contribution is 5.92. The summed E-state index contributed by atoms with van der Waals surface area (Å²) in [5.41, 5.74) is 0. The maximum absolute atomic E-state index is 11.4. The number of nitrogens with one attached hydrogen (secondary N) is 1. The van der Waals surface area contributed by atoms with E-state index in [1.807, 2.05) is 5.32 Å². The quantitative estimate of drug-likeness (QED) is 0.672. The van der Waals surface area contributed by atoms with E-state index in [1.54, 1.807) is 4.90 Å². The minimum absolute atomic E-state index is 0.0119. The van der Waals surface area contributed by atoms with Crippen LogP contribution < -0.4 is 5.32 Å². The number of carboxylic acids is 1. The van der Waals surface area contributed by atoms with Crippen LogP contribution in [-0.2, 0) is 14.3 Å². The molecule has 1 aliphatic carbocycles. The summed E-state index contributed by atoms with van der Waals surface area (Å²) in [4.78, 5) is 34.4. The van der Waals surface area contributed by atoms with Crippen molar-refractivity contribution < 1.29 is 24.2 Å². The number of aliphatic carboxylic acids is 1. The van der Waals surface area contributed by atoms with Crippen molar-refractivity contribution in [2.24, 2.45) is 0 Å². The number of imide groups is 1. The van der Waals surface area contributed by atoms with Gasteiger partial charge in [0.05, 0.1) is 20.1 Å². The number of carbonyl (C=O) groups excluding carboxylic acids is 2. The molecule has 2 N–H and O–H groups in total. The monoisotopic (exact) mass is 244 g/mol. The lowest BCUT2D eigenvalue weighted by Crippen LogP contribution is -2.41. The number of rotatable bonds is 6. The Morgan fingerprint density at radius 1 is 1.41 bits per heavy atom. The van der Waals surface area contributed by atoms with Crippen LogP contribution in [0.25, 0.3) is 0 Å². The van der Waals surface area contributed by atoms with Crippen LogP contribution in [-0.4, -0.2) is 54.2 Å². The lowest BCUT2D eigenvalue weighted by Gasteiger charge is -2.19. The van der Waals surface area contributed by atoms with Crippen molar-refractivity contribution in [1.82, 2.24) is 10.2 Å². The molecule has 0 aliphatic heterocycles. The van der Waals surface area contributed by atoms with Gasteiger partial charge in [0.1, 0.15) is 0 Å². The van der Waals surface area contributed by atoms with Gasteiger partial charge < -0.3 is 9.84 Å². The molecular weight excluding hydrogens is 228 g/mol. The summed E-state index contributed by atoms with van der Waals surface area (Å²) < 4.78 is 4.29. The van der Waals surface area contributed by atoms with Gasteiger partial charge >= 0.3 is 12.1 Å². The summed E-state index contributed by atoms with van der Waals surface area (Å²) in [6, 6.07) is 0.262. The SMILES string of the molecule is COC(=O)NC(=O)CN(CCC(=O)O)C1CC1. The number of alkyl carbamates (subject to hydrolysis) is 1. The van der Waals surface area contributed by atoms with E-state index < -0.39 is 18.0 Å². The summed E-state index contributed by atoms with van der Waals surface area (Å²) in [5.74, 6) is -1.38. The third-order valence-corrected chi connectivity index (χ3v) is 2.45. The highest BCUT2D eigenvalue weighted by Gasteiger charge is 2.30. The first kappa shape index (κ1) is 13.4. The fraction of sp³-hybridized carbons (Fsp3) is 0.700. The van der Waals surface area contributed by atoms with Crippen molar-refractivity contribution in [3.63, 3.8) is 0 Å². The van der Waals surface area contributed by atoms with E-state index in [2.05, 4.69) is 4.74 Å². The molecular formula is C10H16N2O5. The predicted molar refractivity (Wildman–Crippen MR) is 57.4 cm³/mol. The van der Waals surface area contributed by atoms with Crippen LogP contribution in [0.2, 0.25) is 0 Å². The molecule has 1 aliphatic rings. The lowest BCUT2D eigenvalue weighted by molar-refractivity contribution is -0.137. The third kappa shape index (κ3) is 5.30. The number of nitrogens with zero attached hydrogens (tertiary/aromatic N) is 1. The van der Waals surface area contributed by atoms with Crippen molar-refractivity contribution in [2.45, 2.75) is 25.3 Å². The van der Waals surface area contributed by atoms with Gasteiger partial charge in [0.2, 0.25) is 5.91 Å². The Balaban J connectivity index is 2.35. The van der Waals surface area contributed by atoms with Gasteiger partial charge in [0, 0.05) is 12.6 Å². The van der Waals surface area contributed by atoms with E-state index >= 15 is 0 Å². The topological polar surface area (TPSA) is 95.9 Å². The van der Waals surface area contributed by atoms with Gasteiger partial charge in [-0.1, -0.05) is 0 Å². The van der Waals surface area contributed by atoms with Gasteiger partial charge in [-0.25, -0.2) is 4.79 Å². The maximum Gasteiger partial charge on any atom is 0.413 e. The van der Waals surface area contributed by atoms with Crippen LogP contribution in [0.4, 0.5) is 4.79 Å². The zero-order chi connectivity index (χ0) is 12.8. The molecule has 0 saturated heterocycles. The molecule has 17 heavy (non-hydrogen) atoms. The normalized spacial score (nSPS) is 14.5. The minimum Gasteiger partial charge on any atom is -0.481 e.